The zero-order valence-electron chi connectivity index (χ0n) is 19.5. The number of aliphatic hydroxyl groups excluding tert-OH is 1. The molecule has 1 saturated heterocycles. The molecular weight excluding hydrogens is 481 g/mol. The molecule has 192 valence electrons. The number of alkyl halides is 3. The van der Waals surface area contributed by atoms with E-state index in [1.807, 2.05) is 6.92 Å². The van der Waals surface area contributed by atoms with Crippen LogP contribution in [-0.2, 0) is 4.79 Å². The summed E-state index contributed by atoms with van der Waals surface area (Å²) in [5, 5.41) is 12.5. The Morgan fingerprint density at radius 2 is 1.81 bits per heavy atom. The predicted molar refractivity (Wildman–Crippen MR) is 125 cm³/mol. The van der Waals surface area contributed by atoms with Gasteiger partial charge in [-0.25, -0.2) is 9.97 Å². The second-order valence-electron chi connectivity index (χ2n) is 8.11. The third-order valence-electron chi connectivity index (χ3n) is 5.51. The van der Waals surface area contributed by atoms with E-state index < -0.39 is 12.3 Å². The van der Waals surface area contributed by atoms with Gasteiger partial charge in [-0.1, -0.05) is 0 Å². The molecule has 1 amide bonds. The Bertz CT molecular complexity index is 1200. The van der Waals surface area contributed by atoms with E-state index in [0.29, 0.717) is 34.9 Å². The number of carbonyl (C=O) groups excluding carboxylic acids is 1. The molecule has 0 spiro atoms. The Hall–Kier alpha value is -3.71. The van der Waals surface area contributed by atoms with Gasteiger partial charge in [-0.2, -0.15) is 4.98 Å². The van der Waals surface area contributed by atoms with Gasteiger partial charge < -0.3 is 24.8 Å². The number of aryl methyl sites for hydroxylation is 1. The van der Waals surface area contributed by atoms with Crippen LogP contribution in [0.4, 0.5) is 24.8 Å². The second kappa shape index (κ2) is 10.9. The number of aromatic nitrogens is 3. The molecule has 0 aliphatic carbocycles. The molecule has 36 heavy (non-hydrogen) atoms. The largest absolute Gasteiger partial charge is 0.573 e. The summed E-state index contributed by atoms with van der Waals surface area (Å²) < 4.78 is 45.8. The Labute approximate surface area is 204 Å². The molecule has 2 aromatic heterocycles. The maximum absolute atomic E-state index is 12.3. The van der Waals surface area contributed by atoms with Crippen LogP contribution >= 0.6 is 0 Å². The molecular formula is C23H25F3N6O4. The molecule has 2 N–H and O–H groups in total. The first-order valence-corrected chi connectivity index (χ1v) is 11.2. The number of aliphatic hydroxyl groups is 1. The van der Waals surface area contributed by atoms with Gasteiger partial charge in [0.25, 0.3) is 5.91 Å². The van der Waals surface area contributed by atoms with Crippen LogP contribution in [0.1, 0.15) is 5.69 Å². The smallest absolute Gasteiger partial charge is 0.484 e. The molecule has 3 aromatic rings. The highest BCUT2D eigenvalue weighted by molar-refractivity contribution is 5.94. The van der Waals surface area contributed by atoms with E-state index in [1.165, 1.54) is 18.3 Å². The van der Waals surface area contributed by atoms with Crippen LogP contribution in [0.2, 0.25) is 0 Å². The summed E-state index contributed by atoms with van der Waals surface area (Å²) in [6.45, 7) is 5.39. The standard InChI is InChI=1S/C23H25F3N6O4/c1-15-19-12-16(29-20(34)14-35-17-2-4-18(5-3-17)36-23(24,25)26)13-27-21(19)30-22(28-15)32-8-6-31(7-9-32)10-11-33/h2-5,12-13,33H,6-11,14H2,1H3,(H,29,34). The van der Waals surface area contributed by atoms with E-state index >= 15 is 0 Å². The molecule has 0 saturated carbocycles. The van der Waals surface area contributed by atoms with Gasteiger partial charge in [0.05, 0.1) is 24.2 Å². The van der Waals surface area contributed by atoms with Gasteiger partial charge in [-0.05, 0) is 37.3 Å². The van der Waals surface area contributed by atoms with Crippen LogP contribution in [-0.4, -0.2) is 83.2 Å². The number of ether oxygens (including phenoxy) is 2. The number of anilines is 2. The summed E-state index contributed by atoms with van der Waals surface area (Å²) in [6, 6.07) is 6.47. The molecule has 1 aliphatic rings. The molecule has 4 rings (SSSR count). The number of rotatable bonds is 8. The lowest BCUT2D eigenvalue weighted by atomic mass is 10.2. The number of nitrogens with one attached hydrogen (secondary N) is 1. The van der Waals surface area contributed by atoms with Crippen molar-refractivity contribution < 1.29 is 32.5 Å². The van der Waals surface area contributed by atoms with Gasteiger partial charge >= 0.3 is 6.36 Å². The van der Waals surface area contributed by atoms with Gasteiger partial charge in [0.15, 0.2) is 12.3 Å². The van der Waals surface area contributed by atoms with E-state index in [0.717, 1.165) is 38.3 Å². The molecule has 10 nitrogen and oxygen atoms in total. The van der Waals surface area contributed by atoms with Crippen molar-refractivity contribution in [3.05, 3.63) is 42.2 Å². The molecule has 13 heteroatoms. The fourth-order valence-corrected chi connectivity index (χ4v) is 3.75. The van der Waals surface area contributed by atoms with Crippen LogP contribution in [0.15, 0.2) is 36.5 Å². The average Bonchev–Trinajstić information content (AvgIpc) is 2.84. The van der Waals surface area contributed by atoms with Crippen LogP contribution in [0.3, 0.4) is 0 Å². The topological polar surface area (TPSA) is 113 Å². The lowest BCUT2D eigenvalue weighted by Gasteiger charge is -2.34. The van der Waals surface area contributed by atoms with E-state index in [4.69, 9.17) is 9.84 Å². The van der Waals surface area contributed by atoms with Crippen molar-refractivity contribution in [2.45, 2.75) is 13.3 Å². The van der Waals surface area contributed by atoms with Gasteiger partial charge in [0.2, 0.25) is 5.95 Å². The molecule has 1 fully saturated rings. The summed E-state index contributed by atoms with van der Waals surface area (Å²) in [5.41, 5.74) is 1.65. The molecule has 1 aliphatic heterocycles. The summed E-state index contributed by atoms with van der Waals surface area (Å²) in [5.74, 6) is -0.0489. The molecule has 1 aromatic carbocycles. The highest BCUT2D eigenvalue weighted by Crippen LogP contribution is 2.25. The van der Waals surface area contributed by atoms with Crippen molar-refractivity contribution in [2.24, 2.45) is 0 Å². The van der Waals surface area contributed by atoms with E-state index in [-0.39, 0.29) is 24.7 Å². The highest BCUT2D eigenvalue weighted by Gasteiger charge is 2.31. The summed E-state index contributed by atoms with van der Waals surface area (Å²) in [4.78, 5) is 30.1. The number of β-amino-alcohol motifs (C(OH)–C–C–N with tert-alkyl or cyclic N) is 1. The zero-order valence-corrected chi connectivity index (χ0v) is 19.5. The summed E-state index contributed by atoms with van der Waals surface area (Å²) >= 11 is 0. The summed E-state index contributed by atoms with van der Waals surface area (Å²) in [6.07, 6.45) is -3.30. The summed E-state index contributed by atoms with van der Waals surface area (Å²) in [7, 11) is 0. The number of hydrogen-bond acceptors (Lipinski definition) is 9. The quantitative estimate of drug-likeness (QED) is 0.475. The maximum Gasteiger partial charge on any atom is 0.573 e. The van der Waals surface area contributed by atoms with Gasteiger partial charge in [-0.3, -0.25) is 9.69 Å². The Kier molecular flexibility index (Phi) is 7.70. The van der Waals surface area contributed by atoms with Crippen molar-refractivity contribution in [2.75, 3.05) is 56.2 Å². The SMILES string of the molecule is Cc1nc(N2CCN(CCO)CC2)nc2ncc(NC(=O)COc3ccc(OC(F)(F)F)cc3)cc12. The third kappa shape index (κ3) is 6.70. The molecule has 3 heterocycles. The van der Waals surface area contributed by atoms with Crippen molar-refractivity contribution in [1.29, 1.82) is 0 Å². The molecule has 0 atom stereocenters. The fraction of sp³-hybridized carbons (Fsp3) is 0.391. The maximum atomic E-state index is 12.3. The Morgan fingerprint density at radius 3 is 2.47 bits per heavy atom. The normalized spacial score (nSPS) is 14.6. The zero-order chi connectivity index (χ0) is 25.7. The van der Waals surface area contributed by atoms with Crippen LogP contribution in [0, 0.1) is 6.92 Å². The number of pyridine rings is 1. The number of fused-ring (bicyclic) bond motifs is 1. The van der Waals surface area contributed by atoms with Crippen molar-refractivity contribution in [1.82, 2.24) is 19.9 Å². The first-order valence-electron chi connectivity index (χ1n) is 11.2. The second-order valence-corrected chi connectivity index (χ2v) is 8.11. The lowest BCUT2D eigenvalue weighted by Crippen LogP contribution is -2.47. The molecule has 0 bridgehead atoms. The van der Waals surface area contributed by atoms with Crippen molar-refractivity contribution >= 4 is 28.6 Å². The number of carbonyl (C=O) groups is 1. The average molecular weight is 506 g/mol. The number of benzene rings is 1. The number of piperazine rings is 1. The van der Waals surface area contributed by atoms with Crippen LogP contribution in [0.5, 0.6) is 11.5 Å². The Morgan fingerprint density at radius 1 is 1.11 bits per heavy atom. The first-order chi connectivity index (χ1) is 17.2. The number of halogens is 3. The third-order valence-corrected chi connectivity index (χ3v) is 5.51. The van der Waals surface area contributed by atoms with Gasteiger partial charge in [0.1, 0.15) is 11.5 Å². The predicted octanol–water partition coefficient (Wildman–Crippen LogP) is 2.36. The van der Waals surface area contributed by atoms with Gasteiger partial charge in [-0.15, -0.1) is 13.2 Å². The lowest BCUT2D eigenvalue weighted by molar-refractivity contribution is -0.274. The van der Waals surface area contributed by atoms with Crippen LogP contribution in [0.25, 0.3) is 11.0 Å². The van der Waals surface area contributed by atoms with E-state index in [2.05, 4.69) is 34.8 Å². The van der Waals surface area contributed by atoms with Gasteiger partial charge in [0, 0.05) is 38.1 Å². The Balaban J connectivity index is 1.35. The minimum atomic E-state index is -4.78. The minimum absolute atomic E-state index is 0.133. The number of hydrogen-bond donors (Lipinski definition) is 2. The molecule has 0 radical (unpaired) electrons. The fourth-order valence-electron chi connectivity index (χ4n) is 3.75. The molecule has 0 unspecified atom stereocenters. The monoisotopic (exact) mass is 506 g/mol. The van der Waals surface area contributed by atoms with E-state index in [9.17, 15) is 18.0 Å². The van der Waals surface area contributed by atoms with Crippen molar-refractivity contribution in [3.8, 4) is 11.5 Å². The number of nitrogens with zero attached hydrogens (tertiary/aromatic N) is 5. The first kappa shape index (κ1) is 25.4. The van der Waals surface area contributed by atoms with E-state index in [1.54, 1.807) is 6.07 Å². The highest BCUT2D eigenvalue weighted by atomic mass is 19.4. The van der Waals surface area contributed by atoms with Crippen LogP contribution < -0.4 is 19.7 Å². The minimum Gasteiger partial charge on any atom is -0.484 e. The number of amides is 1. The van der Waals surface area contributed by atoms with Crippen molar-refractivity contribution in [3.63, 3.8) is 0 Å².